The first-order valence-corrected chi connectivity index (χ1v) is 7.87. The lowest BCUT2D eigenvalue weighted by atomic mass is 10.1. The van der Waals surface area contributed by atoms with Crippen LogP contribution in [0.25, 0.3) is 0 Å². The molecule has 8 heteroatoms. The Hall–Kier alpha value is -2.74. The molecule has 3 rings (SSSR count). The second-order valence-corrected chi connectivity index (χ2v) is 6.15. The first-order chi connectivity index (χ1) is 11.0. The molecule has 23 heavy (non-hydrogen) atoms. The highest BCUT2D eigenvalue weighted by molar-refractivity contribution is 7.15. The number of hydrogen-bond acceptors (Lipinski definition) is 8. The van der Waals surface area contributed by atoms with Crippen molar-refractivity contribution in [2.75, 3.05) is 16.8 Å². The van der Waals surface area contributed by atoms with Gasteiger partial charge in [-0.2, -0.15) is 4.98 Å². The summed E-state index contributed by atoms with van der Waals surface area (Å²) in [6.45, 7) is 3.85. The van der Waals surface area contributed by atoms with Crippen LogP contribution in [0.15, 0.2) is 30.3 Å². The number of anilines is 3. The van der Waals surface area contributed by atoms with Crippen molar-refractivity contribution in [3.63, 3.8) is 0 Å². The Bertz CT molecular complexity index is 816. The van der Waals surface area contributed by atoms with Crippen molar-refractivity contribution in [1.29, 1.82) is 0 Å². The van der Waals surface area contributed by atoms with Crippen LogP contribution in [0.5, 0.6) is 0 Å². The van der Waals surface area contributed by atoms with E-state index in [0.717, 1.165) is 21.8 Å². The first-order valence-electron chi connectivity index (χ1n) is 7.05. The minimum atomic E-state index is -0.210. The van der Waals surface area contributed by atoms with E-state index < -0.39 is 0 Å². The molecule has 2 heterocycles. The molecular formula is C15H17N7S. The average molecular weight is 327 g/mol. The number of rotatable bonds is 4. The summed E-state index contributed by atoms with van der Waals surface area (Å²) in [6, 6.07) is 9.73. The summed E-state index contributed by atoms with van der Waals surface area (Å²) in [6.07, 6.45) is 0. The third-order valence-corrected chi connectivity index (χ3v) is 4.34. The van der Waals surface area contributed by atoms with E-state index in [9.17, 15) is 0 Å². The molecule has 2 aromatic heterocycles. The second kappa shape index (κ2) is 6.17. The van der Waals surface area contributed by atoms with Crippen molar-refractivity contribution in [3.8, 4) is 0 Å². The highest BCUT2D eigenvalue weighted by atomic mass is 32.1. The van der Waals surface area contributed by atoms with Crippen molar-refractivity contribution in [2.24, 2.45) is 0 Å². The number of benzene rings is 1. The Morgan fingerprint density at radius 1 is 1.04 bits per heavy atom. The Kier molecular flexibility index (Phi) is 4.07. The monoisotopic (exact) mass is 327 g/mol. The Labute approximate surface area is 137 Å². The van der Waals surface area contributed by atoms with Crippen LogP contribution in [0.3, 0.4) is 0 Å². The van der Waals surface area contributed by atoms with Crippen LogP contribution in [-0.4, -0.2) is 20.2 Å². The zero-order valence-electron chi connectivity index (χ0n) is 12.8. The normalized spacial score (nSPS) is 12.1. The smallest absolute Gasteiger partial charge is 0.222 e. The number of nitrogens with one attached hydrogen (secondary N) is 1. The van der Waals surface area contributed by atoms with Gasteiger partial charge in [-0.25, -0.2) is 4.98 Å². The van der Waals surface area contributed by atoms with Gasteiger partial charge in [0.05, 0.1) is 0 Å². The zero-order valence-corrected chi connectivity index (χ0v) is 13.6. The van der Waals surface area contributed by atoms with Gasteiger partial charge in [-0.05, 0) is 19.4 Å². The van der Waals surface area contributed by atoms with E-state index in [1.165, 1.54) is 11.3 Å². The topological polar surface area (TPSA) is 116 Å². The van der Waals surface area contributed by atoms with Crippen molar-refractivity contribution >= 4 is 28.2 Å². The van der Waals surface area contributed by atoms with E-state index >= 15 is 0 Å². The molecule has 0 saturated heterocycles. The van der Waals surface area contributed by atoms with Crippen molar-refractivity contribution in [1.82, 2.24) is 20.2 Å². The van der Waals surface area contributed by atoms with Gasteiger partial charge in [-0.3, -0.25) is 0 Å². The maximum Gasteiger partial charge on any atom is 0.222 e. The van der Waals surface area contributed by atoms with E-state index in [2.05, 4.69) is 25.5 Å². The maximum absolute atomic E-state index is 5.78. The van der Waals surface area contributed by atoms with E-state index in [1.807, 2.05) is 44.2 Å². The molecule has 0 aliphatic rings. The van der Waals surface area contributed by atoms with Crippen LogP contribution in [0.2, 0.25) is 0 Å². The van der Waals surface area contributed by atoms with E-state index in [0.29, 0.717) is 10.9 Å². The van der Waals surface area contributed by atoms with Gasteiger partial charge < -0.3 is 16.8 Å². The number of nitrogens with zero attached hydrogens (tertiary/aromatic N) is 4. The SMILES string of the molecule is Cc1nc(N)nc(N[C@@H](c2ccccc2)c2nnc(N)s2)c1C. The summed E-state index contributed by atoms with van der Waals surface area (Å²) < 4.78 is 0. The number of nitrogen functional groups attached to an aromatic ring is 2. The molecule has 0 unspecified atom stereocenters. The molecule has 0 bridgehead atoms. The van der Waals surface area contributed by atoms with Crippen LogP contribution in [0.1, 0.15) is 27.9 Å². The van der Waals surface area contributed by atoms with Crippen molar-refractivity contribution in [2.45, 2.75) is 19.9 Å². The molecule has 0 aliphatic heterocycles. The second-order valence-electron chi connectivity index (χ2n) is 5.11. The minimum absolute atomic E-state index is 0.210. The lowest BCUT2D eigenvalue weighted by molar-refractivity contribution is 0.869. The van der Waals surface area contributed by atoms with Crippen LogP contribution in [0.4, 0.5) is 16.9 Å². The van der Waals surface area contributed by atoms with Gasteiger partial charge in [0.25, 0.3) is 0 Å². The quantitative estimate of drug-likeness (QED) is 0.673. The average Bonchev–Trinajstić information content (AvgIpc) is 2.96. The largest absolute Gasteiger partial charge is 0.374 e. The van der Waals surface area contributed by atoms with Crippen molar-refractivity contribution in [3.05, 3.63) is 52.2 Å². The molecule has 0 spiro atoms. The fourth-order valence-corrected chi connectivity index (χ4v) is 2.91. The maximum atomic E-state index is 5.78. The van der Waals surface area contributed by atoms with Gasteiger partial charge in [0.1, 0.15) is 16.9 Å². The van der Waals surface area contributed by atoms with E-state index in [4.69, 9.17) is 11.5 Å². The number of aromatic nitrogens is 4. The van der Waals surface area contributed by atoms with Crippen LogP contribution in [0, 0.1) is 13.8 Å². The van der Waals surface area contributed by atoms with Crippen molar-refractivity contribution < 1.29 is 0 Å². The summed E-state index contributed by atoms with van der Waals surface area (Å²) in [5.74, 6) is 0.914. The lowest BCUT2D eigenvalue weighted by Gasteiger charge is -2.19. The van der Waals surface area contributed by atoms with Crippen LogP contribution in [-0.2, 0) is 0 Å². The summed E-state index contributed by atoms with van der Waals surface area (Å²) in [4.78, 5) is 8.48. The van der Waals surface area contributed by atoms with E-state index in [-0.39, 0.29) is 12.0 Å². The Morgan fingerprint density at radius 2 is 1.78 bits per heavy atom. The van der Waals surface area contributed by atoms with E-state index in [1.54, 1.807) is 0 Å². The standard InChI is InChI=1S/C15H17N7S/c1-8-9(2)18-14(16)20-12(8)19-11(10-6-4-3-5-7-10)13-21-22-15(17)23-13/h3-7,11H,1-2H3,(H2,17,22)(H3,16,18,19,20)/t11-/m0/s1. The molecule has 0 saturated carbocycles. The molecule has 1 aromatic carbocycles. The molecule has 3 aromatic rings. The summed E-state index contributed by atoms with van der Waals surface area (Å²) >= 11 is 1.34. The van der Waals surface area contributed by atoms with Gasteiger partial charge >= 0.3 is 0 Å². The Balaban J connectivity index is 2.03. The summed E-state index contributed by atoms with van der Waals surface area (Å²) in [5, 5.41) is 12.7. The third-order valence-electron chi connectivity index (χ3n) is 3.52. The molecule has 0 amide bonds. The van der Waals surface area contributed by atoms with Gasteiger partial charge in [-0.1, -0.05) is 41.7 Å². The minimum Gasteiger partial charge on any atom is -0.374 e. The zero-order chi connectivity index (χ0) is 16.4. The van der Waals surface area contributed by atoms with Crippen LogP contribution >= 0.6 is 11.3 Å². The first kappa shape index (κ1) is 15.2. The predicted octanol–water partition coefficient (Wildman–Crippen LogP) is 2.31. The lowest BCUT2D eigenvalue weighted by Crippen LogP contribution is -2.15. The third kappa shape index (κ3) is 3.21. The van der Waals surface area contributed by atoms with Crippen LogP contribution < -0.4 is 16.8 Å². The molecule has 0 fully saturated rings. The molecule has 5 N–H and O–H groups in total. The van der Waals surface area contributed by atoms with Gasteiger partial charge in [0.2, 0.25) is 11.1 Å². The summed E-state index contributed by atoms with van der Waals surface area (Å²) in [7, 11) is 0. The Morgan fingerprint density at radius 3 is 2.43 bits per heavy atom. The molecule has 0 aliphatic carbocycles. The summed E-state index contributed by atoms with van der Waals surface area (Å²) in [5.41, 5.74) is 14.3. The van der Waals surface area contributed by atoms with Gasteiger partial charge in [0, 0.05) is 11.3 Å². The molecule has 118 valence electrons. The molecule has 7 nitrogen and oxygen atoms in total. The van der Waals surface area contributed by atoms with Gasteiger partial charge in [-0.15, -0.1) is 10.2 Å². The molecule has 1 atom stereocenters. The van der Waals surface area contributed by atoms with Gasteiger partial charge in [0.15, 0.2) is 0 Å². The number of nitrogens with two attached hydrogens (primary N) is 2. The fraction of sp³-hybridized carbons (Fsp3) is 0.200. The number of hydrogen-bond donors (Lipinski definition) is 3. The fourth-order valence-electron chi connectivity index (χ4n) is 2.22. The highest BCUT2D eigenvalue weighted by Gasteiger charge is 2.20. The molecular weight excluding hydrogens is 310 g/mol. The number of aryl methyl sites for hydroxylation is 1. The molecule has 0 radical (unpaired) electrons. The highest BCUT2D eigenvalue weighted by Crippen LogP contribution is 2.30. The predicted molar refractivity (Wildman–Crippen MR) is 92.1 cm³/mol.